The predicted molar refractivity (Wildman–Crippen MR) is 78.6 cm³/mol. The molecule has 0 spiro atoms. The van der Waals surface area contributed by atoms with Gasteiger partial charge in [-0.2, -0.15) is 5.26 Å². The minimum Gasteiger partial charge on any atom is -0.379 e. The smallest absolute Gasteiger partial charge is 0.112 e. The lowest BCUT2D eigenvalue weighted by Gasteiger charge is -2.46. The Bertz CT molecular complexity index is 468. The van der Waals surface area contributed by atoms with Gasteiger partial charge in [-0.1, -0.05) is 18.2 Å². The molecule has 4 nitrogen and oxygen atoms in total. The first-order valence-electron chi connectivity index (χ1n) is 7.38. The lowest BCUT2D eigenvalue weighted by molar-refractivity contribution is -0.0108. The van der Waals surface area contributed by atoms with Gasteiger partial charge in [0, 0.05) is 31.9 Å². The van der Waals surface area contributed by atoms with Crippen molar-refractivity contribution in [2.45, 2.75) is 18.4 Å². The minimum atomic E-state index is -0.283. The maximum absolute atomic E-state index is 9.70. The maximum Gasteiger partial charge on any atom is 0.112 e. The highest BCUT2D eigenvalue weighted by molar-refractivity contribution is 5.46. The van der Waals surface area contributed by atoms with Gasteiger partial charge in [0.2, 0.25) is 0 Å². The Morgan fingerprint density at radius 2 is 1.65 bits per heavy atom. The highest BCUT2D eigenvalue weighted by atomic mass is 16.5. The zero-order valence-corrected chi connectivity index (χ0v) is 11.8. The molecule has 106 valence electrons. The molecule has 20 heavy (non-hydrogen) atoms. The number of rotatable bonds is 2. The molecule has 0 amide bonds. The Morgan fingerprint density at radius 3 is 2.25 bits per heavy atom. The quantitative estimate of drug-likeness (QED) is 0.823. The number of benzene rings is 1. The third-order valence-corrected chi connectivity index (χ3v) is 4.54. The summed E-state index contributed by atoms with van der Waals surface area (Å²) in [7, 11) is 0. The molecule has 0 N–H and O–H groups in total. The average Bonchev–Trinajstić information content (AvgIpc) is 2.56. The van der Waals surface area contributed by atoms with E-state index in [0.717, 1.165) is 52.2 Å². The van der Waals surface area contributed by atoms with Crippen molar-refractivity contribution in [3.05, 3.63) is 30.3 Å². The lowest BCUT2D eigenvalue weighted by atomic mass is 9.86. The van der Waals surface area contributed by atoms with Crippen molar-refractivity contribution < 1.29 is 4.74 Å². The molecule has 0 aromatic heterocycles. The third kappa shape index (κ3) is 2.52. The van der Waals surface area contributed by atoms with Gasteiger partial charge in [-0.05, 0) is 25.0 Å². The van der Waals surface area contributed by atoms with Gasteiger partial charge < -0.3 is 9.64 Å². The number of nitrogens with zero attached hydrogens (tertiary/aromatic N) is 3. The number of para-hydroxylation sites is 1. The second kappa shape index (κ2) is 5.82. The summed E-state index contributed by atoms with van der Waals surface area (Å²) in [5.41, 5.74) is 0.982. The molecule has 4 heteroatoms. The highest BCUT2D eigenvalue weighted by Gasteiger charge is 2.40. The van der Waals surface area contributed by atoms with Gasteiger partial charge in [-0.25, -0.2) is 0 Å². The summed E-state index contributed by atoms with van der Waals surface area (Å²) in [6.07, 6.45) is 1.83. The average molecular weight is 271 g/mol. The number of hydrogen-bond donors (Lipinski definition) is 0. The second-order valence-corrected chi connectivity index (χ2v) is 5.57. The minimum absolute atomic E-state index is 0.283. The fourth-order valence-corrected chi connectivity index (χ4v) is 3.26. The number of morpholine rings is 1. The molecular weight excluding hydrogens is 250 g/mol. The van der Waals surface area contributed by atoms with E-state index in [1.807, 2.05) is 6.07 Å². The van der Waals surface area contributed by atoms with Gasteiger partial charge in [0.15, 0.2) is 0 Å². The summed E-state index contributed by atoms with van der Waals surface area (Å²) in [5.74, 6) is 0. The summed E-state index contributed by atoms with van der Waals surface area (Å²) in [5, 5.41) is 9.70. The van der Waals surface area contributed by atoms with Gasteiger partial charge in [0.1, 0.15) is 5.54 Å². The maximum atomic E-state index is 9.70. The first-order valence-corrected chi connectivity index (χ1v) is 7.38. The number of ether oxygens (including phenoxy) is 1. The fourth-order valence-electron chi connectivity index (χ4n) is 3.26. The highest BCUT2D eigenvalue weighted by Crippen LogP contribution is 2.31. The van der Waals surface area contributed by atoms with Gasteiger partial charge in [0.05, 0.1) is 19.3 Å². The molecule has 2 aliphatic rings. The zero-order chi connectivity index (χ0) is 13.8. The largest absolute Gasteiger partial charge is 0.379 e. The fraction of sp³-hybridized carbons (Fsp3) is 0.562. The second-order valence-electron chi connectivity index (χ2n) is 5.57. The molecule has 0 radical (unpaired) electrons. The molecule has 0 bridgehead atoms. The van der Waals surface area contributed by atoms with Crippen LogP contribution in [-0.2, 0) is 4.74 Å². The van der Waals surface area contributed by atoms with Crippen LogP contribution in [0.15, 0.2) is 30.3 Å². The third-order valence-electron chi connectivity index (χ3n) is 4.54. The van der Waals surface area contributed by atoms with Crippen LogP contribution >= 0.6 is 0 Å². The SMILES string of the molecule is N#CC1(N2CCOCC2)CCN(c2ccccc2)CC1. The molecule has 3 rings (SSSR count). The van der Waals surface area contributed by atoms with Crippen molar-refractivity contribution in [3.63, 3.8) is 0 Å². The Kier molecular flexibility index (Phi) is 3.90. The molecule has 0 saturated carbocycles. The number of hydrogen-bond acceptors (Lipinski definition) is 4. The van der Waals surface area contributed by atoms with Crippen LogP contribution in [-0.4, -0.2) is 49.8 Å². The molecule has 0 aliphatic carbocycles. The summed E-state index contributed by atoms with van der Waals surface area (Å²) >= 11 is 0. The van der Waals surface area contributed by atoms with Crippen molar-refractivity contribution in [3.8, 4) is 6.07 Å². The molecule has 1 aromatic carbocycles. The van der Waals surface area contributed by atoms with Crippen LogP contribution in [0, 0.1) is 11.3 Å². The van der Waals surface area contributed by atoms with Crippen LogP contribution in [0.2, 0.25) is 0 Å². The van der Waals surface area contributed by atoms with E-state index in [-0.39, 0.29) is 5.54 Å². The molecule has 2 aliphatic heterocycles. The first-order chi connectivity index (χ1) is 9.84. The molecule has 0 atom stereocenters. The van der Waals surface area contributed by atoms with Gasteiger partial charge in [0.25, 0.3) is 0 Å². The van der Waals surface area contributed by atoms with Crippen molar-refractivity contribution in [2.75, 3.05) is 44.3 Å². The molecule has 2 saturated heterocycles. The number of anilines is 1. The van der Waals surface area contributed by atoms with Crippen molar-refractivity contribution >= 4 is 5.69 Å². The molecule has 2 heterocycles. The summed E-state index contributed by atoms with van der Waals surface area (Å²) in [6, 6.07) is 13.1. The van der Waals surface area contributed by atoms with Crippen LogP contribution < -0.4 is 4.90 Å². The molecule has 1 aromatic rings. The van der Waals surface area contributed by atoms with Crippen LogP contribution in [0.25, 0.3) is 0 Å². The van der Waals surface area contributed by atoms with E-state index in [2.05, 4.69) is 40.1 Å². The lowest BCUT2D eigenvalue weighted by Crippen LogP contribution is -2.57. The van der Waals surface area contributed by atoms with E-state index in [1.165, 1.54) is 5.69 Å². The van der Waals surface area contributed by atoms with Crippen LogP contribution in [0.3, 0.4) is 0 Å². The monoisotopic (exact) mass is 271 g/mol. The van der Waals surface area contributed by atoms with E-state index >= 15 is 0 Å². The van der Waals surface area contributed by atoms with E-state index in [1.54, 1.807) is 0 Å². The Morgan fingerprint density at radius 1 is 1.00 bits per heavy atom. The number of piperidine rings is 1. The van der Waals surface area contributed by atoms with Gasteiger partial charge >= 0.3 is 0 Å². The molecular formula is C16H21N3O. The topological polar surface area (TPSA) is 39.5 Å². The van der Waals surface area contributed by atoms with Crippen LogP contribution in [0.4, 0.5) is 5.69 Å². The standard InChI is InChI=1S/C16H21N3O/c17-14-16(19-10-12-20-13-11-19)6-8-18(9-7-16)15-4-2-1-3-5-15/h1-5H,6-13H2. The predicted octanol–water partition coefficient (Wildman–Crippen LogP) is 1.88. The summed E-state index contributed by atoms with van der Waals surface area (Å²) < 4.78 is 5.41. The van der Waals surface area contributed by atoms with Crippen molar-refractivity contribution in [1.82, 2.24) is 4.90 Å². The van der Waals surface area contributed by atoms with E-state index in [0.29, 0.717) is 0 Å². The van der Waals surface area contributed by atoms with Crippen LogP contribution in [0.1, 0.15) is 12.8 Å². The van der Waals surface area contributed by atoms with Gasteiger partial charge in [-0.15, -0.1) is 0 Å². The van der Waals surface area contributed by atoms with Gasteiger partial charge in [-0.3, -0.25) is 4.90 Å². The summed E-state index contributed by atoms with van der Waals surface area (Å²) in [4.78, 5) is 4.72. The molecule has 0 unspecified atom stereocenters. The summed E-state index contributed by atoms with van der Waals surface area (Å²) in [6.45, 7) is 5.19. The Hall–Kier alpha value is -1.57. The van der Waals surface area contributed by atoms with Crippen LogP contribution in [0.5, 0.6) is 0 Å². The van der Waals surface area contributed by atoms with E-state index < -0.39 is 0 Å². The van der Waals surface area contributed by atoms with Crippen molar-refractivity contribution in [1.29, 1.82) is 5.26 Å². The first kappa shape index (κ1) is 13.4. The van der Waals surface area contributed by atoms with E-state index in [4.69, 9.17) is 4.74 Å². The molecule has 2 fully saturated rings. The van der Waals surface area contributed by atoms with Crippen molar-refractivity contribution in [2.24, 2.45) is 0 Å². The Balaban J connectivity index is 1.68. The zero-order valence-electron chi connectivity index (χ0n) is 11.8. The normalized spacial score (nSPS) is 23.2. The number of nitriles is 1. The van der Waals surface area contributed by atoms with E-state index in [9.17, 15) is 5.26 Å². The Labute approximate surface area is 120 Å².